The Kier molecular flexibility index (Phi) is 1.71. The van der Waals surface area contributed by atoms with Gasteiger partial charge < -0.3 is 10.4 Å². The summed E-state index contributed by atoms with van der Waals surface area (Å²) < 4.78 is 1.06. The molecule has 0 saturated heterocycles. The molecule has 1 aliphatic carbocycles. The van der Waals surface area contributed by atoms with Gasteiger partial charge in [-0.2, -0.15) is 0 Å². The molecule has 2 N–H and O–H groups in total. The maximum absolute atomic E-state index is 9.99. The van der Waals surface area contributed by atoms with E-state index in [9.17, 15) is 5.11 Å². The molecule has 74 valence electrons. The van der Waals surface area contributed by atoms with Gasteiger partial charge in [0, 0.05) is 15.6 Å². The van der Waals surface area contributed by atoms with Crippen LogP contribution >= 0.6 is 15.9 Å². The highest BCUT2D eigenvalue weighted by molar-refractivity contribution is 9.10. The molecule has 1 spiro atoms. The SMILES string of the molecule is OC1Nc2cc(Br)ccc2C12CCC2. The van der Waals surface area contributed by atoms with Crippen LogP contribution in [0.2, 0.25) is 0 Å². The number of nitrogens with one attached hydrogen (secondary N) is 1. The lowest BCUT2D eigenvalue weighted by atomic mass is 9.64. The zero-order chi connectivity index (χ0) is 9.76. The zero-order valence-electron chi connectivity index (χ0n) is 7.76. The van der Waals surface area contributed by atoms with E-state index in [1.165, 1.54) is 12.0 Å². The minimum Gasteiger partial charge on any atom is -0.373 e. The van der Waals surface area contributed by atoms with Gasteiger partial charge >= 0.3 is 0 Å². The highest BCUT2D eigenvalue weighted by Gasteiger charge is 2.50. The van der Waals surface area contributed by atoms with Crippen molar-refractivity contribution in [2.75, 3.05) is 5.32 Å². The minimum atomic E-state index is -0.388. The van der Waals surface area contributed by atoms with E-state index >= 15 is 0 Å². The average molecular weight is 254 g/mol. The molecule has 0 radical (unpaired) electrons. The summed E-state index contributed by atoms with van der Waals surface area (Å²) in [6, 6.07) is 6.23. The smallest absolute Gasteiger partial charge is 0.134 e. The third-order valence-electron chi connectivity index (χ3n) is 3.58. The molecule has 2 aliphatic rings. The first-order valence-corrected chi connectivity index (χ1v) is 5.76. The topological polar surface area (TPSA) is 32.3 Å². The molecule has 1 aliphatic heterocycles. The van der Waals surface area contributed by atoms with E-state index < -0.39 is 0 Å². The standard InChI is InChI=1S/C11H12BrNO/c12-7-2-3-8-9(6-7)13-10(14)11(8)4-1-5-11/h2-3,6,10,13-14H,1,4-5H2. The Morgan fingerprint density at radius 2 is 2.21 bits per heavy atom. The molecule has 2 nitrogen and oxygen atoms in total. The zero-order valence-corrected chi connectivity index (χ0v) is 9.34. The second kappa shape index (κ2) is 2.74. The quantitative estimate of drug-likeness (QED) is 0.745. The molecule has 0 bridgehead atoms. The number of hydrogen-bond donors (Lipinski definition) is 2. The Labute approximate surface area is 91.5 Å². The van der Waals surface area contributed by atoms with Crippen molar-refractivity contribution < 1.29 is 5.11 Å². The summed E-state index contributed by atoms with van der Waals surface area (Å²) in [4.78, 5) is 0. The van der Waals surface area contributed by atoms with Crippen LogP contribution in [0.5, 0.6) is 0 Å². The minimum absolute atomic E-state index is 0.0238. The largest absolute Gasteiger partial charge is 0.373 e. The molecule has 1 aromatic carbocycles. The summed E-state index contributed by atoms with van der Waals surface area (Å²) >= 11 is 3.44. The summed E-state index contributed by atoms with van der Waals surface area (Å²) in [6.45, 7) is 0. The van der Waals surface area contributed by atoms with Crippen molar-refractivity contribution in [3.63, 3.8) is 0 Å². The van der Waals surface area contributed by atoms with Crippen molar-refractivity contribution in [2.24, 2.45) is 0 Å². The lowest BCUT2D eigenvalue weighted by Crippen LogP contribution is -2.44. The van der Waals surface area contributed by atoms with Gasteiger partial charge in [0.05, 0.1) is 0 Å². The second-order valence-corrected chi connectivity index (χ2v) is 5.16. The summed E-state index contributed by atoms with van der Waals surface area (Å²) in [5.74, 6) is 0. The first kappa shape index (κ1) is 8.74. The number of halogens is 1. The van der Waals surface area contributed by atoms with E-state index in [1.54, 1.807) is 0 Å². The molecular formula is C11H12BrNO. The molecule has 1 saturated carbocycles. The van der Waals surface area contributed by atoms with Gasteiger partial charge in [-0.25, -0.2) is 0 Å². The number of fused-ring (bicyclic) bond motifs is 2. The van der Waals surface area contributed by atoms with E-state index in [2.05, 4.69) is 33.4 Å². The molecule has 1 fully saturated rings. The molecule has 1 unspecified atom stereocenters. The van der Waals surface area contributed by atoms with Crippen LogP contribution in [0.3, 0.4) is 0 Å². The Bertz CT molecular complexity index is 387. The fourth-order valence-corrected chi connectivity index (χ4v) is 2.96. The Morgan fingerprint density at radius 1 is 1.43 bits per heavy atom. The average Bonchev–Trinajstić information content (AvgIpc) is 2.34. The molecule has 3 rings (SSSR count). The van der Waals surface area contributed by atoms with Crippen LogP contribution in [0.1, 0.15) is 24.8 Å². The highest BCUT2D eigenvalue weighted by Crippen LogP contribution is 2.53. The Hall–Kier alpha value is -0.540. The molecule has 14 heavy (non-hydrogen) atoms. The molecule has 1 heterocycles. The van der Waals surface area contributed by atoms with Gasteiger partial charge in [0.25, 0.3) is 0 Å². The summed E-state index contributed by atoms with van der Waals surface area (Å²) in [6.07, 6.45) is 3.06. The van der Waals surface area contributed by atoms with Gasteiger partial charge in [-0.15, -0.1) is 0 Å². The summed E-state index contributed by atoms with van der Waals surface area (Å²) in [5, 5.41) is 13.1. The monoisotopic (exact) mass is 253 g/mol. The van der Waals surface area contributed by atoms with E-state index in [-0.39, 0.29) is 11.6 Å². The first-order chi connectivity index (χ1) is 6.72. The van der Waals surface area contributed by atoms with E-state index in [4.69, 9.17) is 0 Å². The number of aliphatic hydroxyl groups excluding tert-OH is 1. The molecule has 3 heteroatoms. The van der Waals surface area contributed by atoms with Crippen molar-refractivity contribution in [1.82, 2.24) is 0 Å². The van der Waals surface area contributed by atoms with Gasteiger partial charge in [0.2, 0.25) is 0 Å². The maximum Gasteiger partial charge on any atom is 0.134 e. The van der Waals surface area contributed by atoms with E-state index in [0.717, 1.165) is 23.0 Å². The van der Waals surface area contributed by atoms with Crippen LogP contribution in [-0.4, -0.2) is 11.3 Å². The van der Waals surface area contributed by atoms with Crippen LogP contribution in [0.25, 0.3) is 0 Å². The Balaban J connectivity index is 2.13. The predicted molar refractivity (Wildman–Crippen MR) is 59.3 cm³/mol. The van der Waals surface area contributed by atoms with Gasteiger partial charge in [-0.05, 0) is 30.5 Å². The third kappa shape index (κ3) is 0.943. The van der Waals surface area contributed by atoms with Crippen LogP contribution in [0.15, 0.2) is 22.7 Å². The highest BCUT2D eigenvalue weighted by atomic mass is 79.9. The van der Waals surface area contributed by atoms with Crippen molar-refractivity contribution in [3.8, 4) is 0 Å². The van der Waals surface area contributed by atoms with Gasteiger partial charge in [-0.1, -0.05) is 28.4 Å². The van der Waals surface area contributed by atoms with Crippen molar-refractivity contribution in [1.29, 1.82) is 0 Å². The fourth-order valence-electron chi connectivity index (χ4n) is 2.60. The number of hydrogen-bond acceptors (Lipinski definition) is 2. The number of anilines is 1. The third-order valence-corrected chi connectivity index (χ3v) is 4.07. The van der Waals surface area contributed by atoms with Gasteiger partial charge in [-0.3, -0.25) is 0 Å². The number of benzene rings is 1. The predicted octanol–water partition coefficient (Wildman–Crippen LogP) is 2.61. The second-order valence-electron chi connectivity index (χ2n) is 4.25. The van der Waals surface area contributed by atoms with Crippen molar-refractivity contribution in [3.05, 3.63) is 28.2 Å². The normalized spacial score (nSPS) is 26.9. The number of aliphatic hydroxyl groups is 1. The van der Waals surface area contributed by atoms with Gasteiger partial charge in [0.1, 0.15) is 6.23 Å². The van der Waals surface area contributed by atoms with Crippen molar-refractivity contribution in [2.45, 2.75) is 30.9 Å². The molecule has 0 aromatic heterocycles. The van der Waals surface area contributed by atoms with Crippen molar-refractivity contribution >= 4 is 21.6 Å². The summed E-state index contributed by atoms with van der Waals surface area (Å²) in [7, 11) is 0. The van der Waals surface area contributed by atoms with Crippen LogP contribution in [-0.2, 0) is 5.41 Å². The van der Waals surface area contributed by atoms with Crippen LogP contribution in [0.4, 0.5) is 5.69 Å². The lowest BCUT2D eigenvalue weighted by Gasteiger charge is -2.41. The van der Waals surface area contributed by atoms with Crippen LogP contribution < -0.4 is 5.32 Å². The molecule has 1 atom stereocenters. The maximum atomic E-state index is 9.99. The molecular weight excluding hydrogens is 242 g/mol. The number of rotatable bonds is 0. The molecule has 0 amide bonds. The van der Waals surface area contributed by atoms with E-state index in [1.807, 2.05) is 6.07 Å². The molecule has 1 aromatic rings. The summed E-state index contributed by atoms with van der Waals surface area (Å²) in [5.41, 5.74) is 2.40. The van der Waals surface area contributed by atoms with Crippen LogP contribution in [0, 0.1) is 0 Å². The fraction of sp³-hybridized carbons (Fsp3) is 0.455. The first-order valence-electron chi connectivity index (χ1n) is 4.97. The lowest BCUT2D eigenvalue weighted by molar-refractivity contribution is 0.0599. The van der Waals surface area contributed by atoms with Gasteiger partial charge in [0.15, 0.2) is 0 Å². The van der Waals surface area contributed by atoms with E-state index in [0.29, 0.717) is 0 Å². The Morgan fingerprint density at radius 3 is 2.86 bits per heavy atom.